The number of likely N-dealkylation sites (N-methyl/N-ethyl adjacent to an activating group) is 1. The average molecular weight is 326 g/mol. The smallest absolute Gasteiger partial charge is 0.123 e. The fraction of sp³-hybridized carbons (Fsp3) is 0.286. The van der Waals surface area contributed by atoms with Crippen LogP contribution in [-0.2, 0) is 6.42 Å². The van der Waals surface area contributed by atoms with E-state index in [1.165, 1.54) is 14.9 Å². The highest BCUT2D eigenvalue weighted by Crippen LogP contribution is 2.31. The van der Waals surface area contributed by atoms with Gasteiger partial charge in [0.1, 0.15) is 5.75 Å². The number of thiophene rings is 1. The second kappa shape index (κ2) is 6.36. The molecular formula is C14H16BrNOS. The summed E-state index contributed by atoms with van der Waals surface area (Å²) in [5, 5.41) is 5.47. The van der Waals surface area contributed by atoms with Crippen LogP contribution in [0.15, 0.2) is 40.2 Å². The SMILES string of the molecule is CNC(Cc1sccc1Br)c1ccccc1OC. The van der Waals surface area contributed by atoms with Crippen LogP contribution >= 0.6 is 27.3 Å². The van der Waals surface area contributed by atoms with Crippen LogP contribution in [-0.4, -0.2) is 14.2 Å². The van der Waals surface area contributed by atoms with E-state index >= 15 is 0 Å². The molecule has 0 spiro atoms. The second-order valence-corrected chi connectivity index (χ2v) is 5.83. The second-order valence-electron chi connectivity index (χ2n) is 3.98. The van der Waals surface area contributed by atoms with Crippen molar-refractivity contribution < 1.29 is 4.74 Å². The van der Waals surface area contributed by atoms with Gasteiger partial charge in [-0.25, -0.2) is 0 Å². The van der Waals surface area contributed by atoms with Crippen molar-refractivity contribution >= 4 is 27.3 Å². The largest absolute Gasteiger partial charge is 0.496 e. The highest BCUT2D eigenvalue weighted by molar-refractivity contribution is 9.10. The minimum atomic E-state index is 0.260. The van der Waals surface area contributed by atoms with E-state index in [-0.39, 0.29) is 6.04 Å². The number of halogens is 1. The molecule has 0 saturated carbocycles. The van der Waals surface area contributed by atoms with E-state index in [9.17, 15) is 0 Å². The number of para-hydroxylation sites is 1. The topological polar surface area (TPSA) is 21.3 Å². The Morgan fingerprint density at radius 3 is 2.72 bits per heavy atom. The van der Waals surface area contributed by atoms with Crippen molar-refractivity contribution in [1.29, 1.82) is 0 Å². The van der Waals surface area contributed by atoms with E-state index in [4.69, 9.17) is 4.74 Å². The van der Waals surface area contributed by atoms with E-state index in [0.717, 1.165) is 12.2 Å². The Balaban J connectivity index is 2.25. The Morgan fingerprint density at radius 1 is 1.33 bits per heavy atom. The lowest BCUT2D eigenvalue weighted by Gasteiger charge is -2.19. The molecule has 96 valence electrons. The zero-order valence-corrected chi connectivity index (χ0v) is 12.8. The van der Waals surface area contributed by atoms with Gasteiger partial charge in [-0.1, -0.05) is 18.2 Å². The van der Waals surface area contributed by atoms with Gasteiger partial charge in [0.25, 0.3) is 0 Å². The van der Waals surface area contributed by atoms with Crippen LogP contribution < -0.4 is 10.1 Å². The highest BCUT2D eigenvalue weighted by atomic mass is 79.9. The summed E-state index contributed by atoms with van der Waals surface area (Å²) in [5.74, 6) is 0.935. The zero-order chi connectivity index (χ0) is 13.0. The van der Waals surface area contributed by atoms with Gasteiger partial charge in [0.15, 0.2) is 0 Å². The third-order valence-corrected chi connectivity index (χ3v) is 4.89. The van der Waals surface area contributed by atoms with Gasteiger partial charge in [-0.2, -0.15) is 0 Å². The molecule has 1 unspecified atom stereocenters. The Kier molecular flexibility index (Phi) is 4.80. The number of methoxy groups -OCH3 is 1. The maximum Gasteiger partial charge on any atom is 0.123 e. The first-order valence-corrected chi connectivity index (χ1v) is 7.45. The van der Waals surface area contributed by atoms with E-state index in [1.54, 1.807) is 18.4 Å². The van der Waals surface area contributed by atoms with E-state index in [1.807, 2.05) is 25.2 Å². The van der Waals surface area contributed by atoms with Gasteiger partial charge in [-0.15, -0.1) is 11.3 Å². The van der Waals surface area contributed by atoms with Gasteiger partial charge in [0.05, 0.1) is 7.11 Å². The molecule has 0 aliphatic rings. The van der Waals surface area contributed by atoms with E-state index in [2.05, 4.69) is 38.8 Å². The molecule has 1 heterocycles. The number of hydrogen-bond donors (Lipinski definition) is 1. The fourth-order valence-corrected chi connectivity index (χ4v) is 3.54. The predicted octanol–water partition coefficient (Wildman–Crippen LogP) is 4.02. The summed E-state index contributed by atoms with van der Waals surface area (Å²) in [6.07, 6.45) is 0.953. The Morgan fingerprint density at radius 2 is 2.11 bits per heavy atom. The Labute approximate surface area is 120 Å². The summed E-state index contributed by atoms with van der Waals surface area (Å²) in [6.45, 7) is 0. The van der Waals surface area contributed by atoms with Gasteiger partial charge in [0.2, 0.25) is 0 Å². The molecule has 1 atom stereocenters. The molecule has 1 N–H and O–H groups in total. The van der Waals surface area contributed by atoms with Crippen molar-refractivity contribution in [1.82, 2.24) is 5.32 Å². The first-order valence-electron chi connectivity index (χ1n) is 5.78. The minimum absolute atomic E-state index is 0.260. The van der Waals surface area contributed by atoms with Gasteiger partial charge < -0.3 is 10.1 Å². The molecule has 0 aliphatic heterocycles. The molecular weight excluding hydrogens is 310 g/mol. The average Bonchev–Trinajstić information content (AvgIpc) is 2.81. The summed E-state index contributed by atoms with van der Waals surface area (Å²) in [5.41, 5.74) is 1.20. The molecule has 4 heteroatoms. The molecule has 0 fully saturated rings. The Hall–Kier alpha value is -0.840. The molecule has 0 saturated heterocycles. The Bertz CT molecular complexity index is 512. The van der Waals surface area contributed by atoms with Crippen molar-refractivity contribution in [3.63, 3.8) is 0 Å². The number of hydrogen-bond acceptors (Lipinski definition) is 3. The van der Waals surface area contributed by atoms with Crippen LogP contribution in [0.5, 0.6) is 5.75 Å². The first-order chi connectivity index (χ1) is 8.76. The summed E-state index contributed by atoms with van der Waals surface area (Å²) < 4.78 is 6.61. The minimum Gasteiger partial charge on any atom is -0.496 e. The predicted molar refractivity (Wildman–Crippen MR) is 80.5 cm³/mol. The number of rotatable bonds is 5. The van der Waals surface area contributed by atoms with Crippen LogP contribution in [0.4, 0.5) is 0 Å². The third-order valence-electron chi connectivity index (χ3n) is 2.94. The van der Waals surface area contributed by atoms with Crippen LogP contribution in [0.3, 0.4) is 0 Å². The van der Waals surface area contributed by atoms with Crippen molar-refractivity contribution in [2.45, 2.75) is 12.5 Å². The van der Waals surface area contributed by atoms with E-state index in [0.29, 0.717) is 0 Å². The van der Waals surface area contributed by atoms with Gasteiger partial charge >= 0.3 is 0 Å². The molecule has 2 nitrogen and oxygen atoms in total. The van der Waals surface area contributed by atoms with Gasteiger partial charge in [-0.05, 0) is 40.5 Å². The molecule has 1 aromatic heterocycles. The quantitative estimate of drug-likeness (QED) is 0.896. The van der Waals surface area contributed by atoms with Crippen LogP contribution in [0.2, 0.25) is 0 Å². The summed E-state index contributed by atoms with van der Waals surface area (Å²) in [6, 6.07) is 10.5. The van der Waals surface area contributed by atoms with Gasteiger partial charge in [-0.3, -0.25) is 0 Å². The van der Waals surface area contributed by atoms with Crippen molar-refractivity contribution in [3.05, 3.63) is 50.6 Å². The molecule has 0 bridgehead atoms. The maximum atomic E-state index is 5.43. The normalized spacial score (nSPS) is 12.4. The highest BCUT2D eigenvalue weighted by Gasteiger charge is 2.16. The molecule has 1 aromatic carbocycles. The standard InChI is InChI=1S/C14H16BrNOS/c1-16-12(9-14-11(15)7-8-18-14)10-5-3-4-6-13(10)17-2/h3-8,12,16H,9H2,1-2H3. The number of benzene rings is 1. The maximum absolute atomic E-state index is 5.43. The third kappa shape index (κ3) is 2.94. The zero-order valence-electron chi connectivity index (χ0n) is 10.4. The first kappa shape index (κ1) is 13.6. The molecule has 0 aliphatic carbocycles. The molecule has 2 rings (SSSR count). The monoisotopic (exact) mass is 325 g/mol. The number of ether oxygens (including phenoxy) is 1. The summed E-state index contributed by atoms with van der Waals surface area (Å²) >= 11 is 5.36. The fourth-order valence-electron chi connectivity index (χ4n) is 1.98. The van der Waals surface area contributed by atoms with Crippen LogP contribution in [0.25, 0.3) is 0 Å². The lowest BCUT2D eigenvalue weighted by molar-refractivity contribution is 0.401. The summed E-state index contributed by atoms with van der Waals surface area (Å²) in [4.78, 5) is 1.35. The lowest BCUT2D eigenvalue weighted by Crippen LogP contribution is -2.19. The number of nitrogens with one attached hydrogen (secondary N) is 1. The molecule has 0 amide bonds. The lowest BCUT2D eigenvalue weighted by atomic mass is 10.0. The van der Waals surface area contributed by atoms with Crippen molar-refractivity contribution in [2.24, 2.45) is 0 Å². The molecule has 18 heavy (non-hydrogen) atoms. The summed E-state index contributed by atoms with van der Waals surface area (Å²) in [7, 11) is 3.70. The van der Waals surface area contributed by atoms with Crippen LogP contribution in [0.1, 0.15) is 16.5 Å². The van der Waals surface area contributed by atoms with E-state index < -0.39 is 0 Å². The van der Waals surface area contributed by atoms with Crippen LogP contribution in [0, 0.1) is 0 Å². The van der Waals surface area contributed by atoms with Gasteiger partial charge in [0, 0.05) is 27.4 Å². The van der Waals surface area contributed by atoms with Crippen molar-refractivity contribution in [2.75, 3.05) is 14.2 Å². The van der Waals surface area contributed by atoms with Crippen molar-refractivity contribution in [3.8, 4) is 5.75 Å². The molecule has 0 radical (unpaired) electrons. The molecule has 2 aromatic rings.